The van der Waals surface area contributed by atoms with Crippen LogP contribution in [-0.4, -0.2) is 50.7 Å². The molecule has 8 nitrogen and oxygen atoms in total. The van der Waals surface area contributed by atoms with Gasteiger partial charge < -0.3 is 19.9 Å². The fourth-order valence-electron chi connectivity index (χ4n) is 3.00. The summed E-state index contributed by atoms with van der Waals surface area (Å²) in [6.45, 7) is 3.20. The molecular formula is C19H21ClN4O4. The third kappa shape index (κ3) is 4.90. The smallest absolute Gasteiger partial charge is 0.271 e. The first kappa shape index (κ1) is 19.9. The van der Waals surface area contributed by atoms with Crippen molar-refractivity contribution in [3.05, 3.63) is 57.6 Å². The fraction of sp³-hybridized carbons (Fsp3) is 0.316. The summed E-state index contributed by atoms with van der Waals surface area (Å²) in [6, 6.07) is 11.8. The Balaban J connectivity index is 1.58. The first-order valence-electron chi connectivity index (χ1n) is 8.82. The molecule has 1 aliphatic heterocycles. The van der Waals surface area contributed by atoms with Crippen LogP contribution in [0.25, 0.3) is 0 Å². The normalized spacial score (nSPS) is 13.9. The summed E-state index contributed by atoms with van der Waals surface area (Å²) in [5.41, 5.74) is 2.25. The number of hydrogen-bond donors (Lipinski definition) is 1. The minimum absolute atomic E-state index is 0.0583. The Morgan fingerprint density at radius 1 is 1.25 bits per heavy atom. The Hall–Kier alpha value is -2.84. The van der Waals surface area contributed by atoms with Crippen LogP contribution in [0.3, 0.4) is 0 Å². The van der Waals surface area contributed by atoms with Crippen molar-refractivity contribution in [1.29, 1.82) is 0 Å². The summed E-state index contributed by atoms with van der Waals surface area (Å²) in [6.07, 6.45) is 0. The van der Waals surface area contributed by atoms with Crippen LogP contribution in [0.15, 0.2) is 42.5 Å². The summed E-state index contributed by atoms with van der Waals surface area (Å²) >= 11 is 6.11. The van der Waals surface area contributed by atoms with Gasteiger partial charge in [0, 0.05) is 43.6 Å². The van der Waals surface area contributed by atoms with Crippen LogP contribution >= 0.6 is 11.6 Å². The Bertz CT molecular complexity index is 854. The van der Waals surface area contributed by atoms with Crippen LogP contribution in [0.4, 0.5) is 22.7 Å². The number of nitro groups is 1. The minimum Gasteiger partial charge on any atom is -0.378 e. The van der Waals surface area contributed by atoms with Crippen LogP contribution < -0.4 is 15.1 Å². The van der Waals surface area contributed by atoms with Crippen molar-refractivity contribution in [1.82, 2.24) is 0 Å². The number of carbonyl (C=O) groups is 1. The van der Waals surface area contributed by atoms with Crippen molar-refractivity contribution in [2.75, 3.05) is 55.0 Å². The number of rotatable bonds is 6. The molecule has 0 saturated carbocycles. The van der Waals surface area contributed by atoms with Gasteiger partial charge in [-0.3, -0.25) is 14.9 Å². The number of benzene rings is 2. The van der Waals surface area contributed by atoms with Gasteiger partial charge in [0.2, 0.25) is 5.91 Å². The average molecular weight is 405 g/mol. The van der Waals surface area contributed by atoms with E-state index in [0.29, 0.717) is 11.4 Å². The number of likely N-dealkylation sites (N-methyl/N-ethyl adjacent to an activating group) is 1. The van der Waals surface area contributed by atoms with Gasteiger partial charge in [-0.15, -0.1) is 0 Å². The van der Waals surface area contributed by atoms with Gasteiger partial charge >= 0.3 is 0 Å². The summed E-state index contributed by atoms with van der Waals surface area (Å²) in [5, 5.41) is 13.9. The van der Waals surface area contributed by atoms with Crippen molar-refractivity contribution >= 4 is 40.3 Å². The zero-order valence-electron chi connectivity index (χ0n) is 15.4. The van der Waals surface area contributed by atoms with Crippen LogP contribution in [0.5, 0.6) is 0 Å². The second kappa shape index (κ2) is 8.90. The monoisotopic (exact) mass is 404 g/mol. The lowest BCUT2D eigenvalue weighted by molar-refractivity contribution is -0.384. The standard InChI is InChI=1S/C19H21ClN4O4/c1-22(18-7-6-16(24(26)27)12-17(18)20)13-19(25)21-14-2-4-15(5-3-14)23-8-10-28-11-9-23/h2-7,12H,8-11,13H2,1H3,(H,21,25). The van der Waals surface area contributed by atoms with E-state index in [4.69, 9.17) is 16.3 Å². The predicted molar refractivity (Wildman–Crippen MR) is 109 cm³/mol. The van der Waals surface area contributed by atoms with Crippen LogP contribution in [0.1, 0.15) is 0 Å². The van der Waals surface area contributed by atoms with Crippen molar-refractivity contribution in [2.24, 2.45) is 0 Å². The number of amides is 1. The minimum atomic E-state index is -0.511. The van der Waals surface area contributed by atoms with Crippen molar-refractivity contribution in [3.63, 3.8) is 0 Å². The first-order chi connectivity index (χ1) is 13.4. The van der Waals surface area contributed by atoms with Gasteiger partial charge in [0.1, 0.15) is 0 Å². The molecule has 1 heterocycles. The lowest BCUT2D eigenvalue weighted by Crippen LogP contribution is -2.36. The maximum Gasteiger partial charge on any atom is 0.271 e. The van der Waals surface area contributed by atoms with E-state index >= 15 is 0 Å². The second-order valence-electron chi connectivity index (χ2n) is 6.44. The highest BCUT2D eigenvalue weighted by atomic mass is 35.5. The van der Waals surface area contributed by atoms with Gasteiger partial charge in [0.15, 0.2) is 0 Å². The molecule has 0 aliphatic carbocycles. The lowest BCUT2D eigenvalue weighted by Gasteiger charge is -2.29. The van der Waals surface area contributed by atoms with E-state index in [0.717, 1.165) is 32.0 Å². The quantitative estimate of drug-likeness (QED) is 0.587. The molecular weight excluding hydrogens is 384 g/mol. The number of ether oxygens (including phenoxy) is 1. The highest BCUT2D eigenvalue weighted by Crippen LogP contribution is 2.29. The largest absolute Gasteiger partial charge is 0.378 e. The average Bonchev–Trinajstić information content (AvgIpc) is 2.69. The van der Waals surface area contributed by atoms with Crippen LogP contribution in [-0.2, 0) is 9.53 Å². The third-order valence-electron chi connectivity index (χ3n) is 4.46. The molecule has 148 valence electrons. The molecule has 0 aromatic heterocycles. The van der Waals surface area contributed by atoms with E-state index in [1.54, 1.807) is 11.9 Å². The summed E-state index contributed by atoms with van der Waals surface area (Å²) in [5.74, 6) is -0.212. The molecule has 1 amide bonds. The predicted octanol–water partition coefficient (Wildman–Crippen LogP) is 3.16. The number of hydrogen-bond acceptors (Lipinski definition) is 6. The number of nitrogens with one attached hydrogen (secondary N) is 1. The van der Waals surface area contributed by atoms with E-state index in [-0.39, 0.29) is 23.2 Å². The number of nitrogens with zero attached hydrogens (tertiary/aromatic N) is 3. The topological polar surface area (TPSA) is 88.0 Å². The molecule has 1 saturated heterocycles. The highest BCUT2D eigenvalue weighted by molar-refractivity contribution is 6.33. The molecule has 9 heteroatoms. The van der Waals surface area contributed by atoms with E-state index in [1.165, 1.54) is 18.2 Å². The molecule has 3 rings (SSSR count). The maximum absolute atomic E-state index is 12.3. The molecule has 2 aromatic rings. The molecule has 28 heavy (non-hydrogen) atoms. The van der Waals surface area contributed by atoms with Gasteiger partial charge in [0.05, 0.1) is 35.4 Å². The molecule has 0 bridgehead atoms. The number of non-ortho nitro benzene ring substituents is 1. The molecule has 0 radical (unpaired) electrons. The van der Waals surface area contributed by atoms with Crippen molar-refractivity contribution in [3.8, 4) is 0 Å². The van der Waals surface area contributed by atoms with E-state index in [9.17, 15) is 14.9 Å². The number of anilines is 3. The molecule has 0 unspecified atom stereocenters. The van der Waals surface area contributed by atoms with Gasteiger partial charge in [-0.1, -0.05) is 11.6 Å². The Morgan fingerprint density at radius 3 is 2.54 bits per heavy atom. The van der Waals surface area contributed by atoms with E-state index in [2.05, 4.69) is 10.2 Å². The molecule has 0 atom stereocenters. The molecule has 0 spiro atoms. The van der Waals surface area contributed by atoms with Crippen LogP contribution in [0, 0.1) is 10.1 Å². The molecule has 1 fully saturated rings. The number of nitro benzene ring substituents is 1. The molecule has 1 N–H and O–H groups in total. The molecule has 1 aliphatic rings. The van der Waals surface area contributed by atoms with Gasteiger partial charge in [-0.05, 0) is 30.3 Å². The summed E-state index contributed by atoms with van der Waals surface area (Å²) < 4.78 is 5.35. The molecule has 2 aromatic carbocycles. The maximum atomic E-state index is 12.3. The van der Waals surface area contributed by atoms with Gasteiger partial charge in [-0.25, -0.2) is 0 Å². The van der Waals surface area contributed by atoms with E-state index < -0.39 is 4.92 Å². The second-order valence-corrected chi connectivity index (χ2v) is 6.85. The van der Waals surface area contributed by atoms with Gasteiger partial charge in [-0.2, -0.15) is 0 Å². The summed E-state index contributed by atoms with van der Waals surface area (Å²) in [4.78, 5) is 26.5. The fourth-order valence-corrected chi connectivity index (χ4v) is 3.32. The van der Waals surface area contributed by atoms with Crippen LogP contribution in [0.2, 0.25) is 5.02 Å². The van der Waals surface area contributed by atoms with Gasteiger partial charge in [0.25, 0.3) is 5.69 Å². The summed E-state index contributed by atoms with van der Waals surface area (Å²) in [7, 11) is 1.70. The van der Waals surface area contributed by atoms with E-state index in [1.807, 2.05) is 24.3 Å². The Labute approximate surface area is 167 Å². The zero-order chi connectivity index (χ0) is 20.1. The number of morpholine rings is 1. The first-order valence-corrected chi connectivity index (χ1v) is 9.19. The number of halogens is 1. The Morgan fingerprint density at radius 2 is 1.93 bits per heavy atom. The highest BCUT2D eigenvalue weighted by Gasteiger charge is 2.15. The lowest BCUT2D eigenvalue weighted by atomic mass is 10.2. The SMILES string of the molecule is CN(CC(=O)Nc1ccc(N2CCOCC2)cc1)c1ccc([N+](=O)[O-])cc1Cl. The van der Waals surface area contributed by atoms with Crippen molar-refractivity contribution in [2.45, 2.75) is 0 Å². The zero-order valence-corrected chi connectivity index (χ0v) is 16.2. The third-order valence-corrected chi connectivity index (χ3v) is 4.76. The Kier molecular flexibility index (Phi) is 6.33. The number of carbonyl (C=O) groups excluding carboxylic acids is 1. The van der Waals surface area contributed by atoms with Crippen molar-refractivity contribution < 1.29 is 14.5 Å².